The van der Waals surface area contributed by atoms with Gasteiger partial charge in [-0.05, 0) is 37.6 Å². The van der Waals surface area contributed by atoms with Crippen LogP contribution in [-0.4, -0.2) is 35.7 Å². The maximum atomic E-state index is 8.89. The summed E-state index contributed by atoms with van der Waals surface area (Å²) in [7, 11) is 0. The number of hydrogen-bond donors (Lipinski definition) is 1. The maximum Gasteiger partial charge on any atom is 0.0443 e. The van der Waals surface area contributed by atoms with E-state index in [1.54, 1.807) is 0 Å². The Morgan fingerprint density at radius 2 is 1.87 bits per heavy atom. The van der Waals surface area contributed by atoms with Crippen molar-refractivity contribution in [3.63, 3.8) is 0 Å². The number of nitrogens with zero attached hydrogens (tertiary/aromatic N) is 1. The zero-order chi connectivity index (χ0) is 11.3. The van der Waals surface area contributed by atoms with Crippen molar-refractivity contribution in [1.82, 2.24) is 4.90 Å². The fourth-order valence-corrected chi connectivity index (χ4v) is 1.98. The molecular weight excluding hydrogens is 186 g/mol. The monoisotopic (exact) mass is 213 g/mol. The average Bonchev–Trinajstić information content (AvgIpc) is 2.05. The number of hydrogen-bond acceptors (Lipinski definition) is 2. The highest BCUT2D eigenvalue weighted by molar-refractivity contribution is 4.81. The van der Waals surface area contributed by atoms with Crippen LogP contribution in [-0.2, 0) is 0 Å². The Morgan fingerprint density at radius 3 is 2.27 bits per heavy atom. The molecule has 0 heterocycles. The van der Waals surface area contributed by atoms with Gasteiger partial charge in [0.05, 0.1) is 0 Å². The Bertz CT molecular complexity index is 170. The molecule has 0 amide bonds. The van der Waals surface area contributed by atoms with Crippen LogP contribution in [0.15, 0.2) is 0 Å². The number of rotatable bonds is 6. The second kappa shape index (κ2) is 5.86. The van der Waals surface area contributed by atoms with E-state index >= 15 is 0 Å². The molecule has 15 heavy (non-hydrogen) atoms. The molecule has 1 rings (SSSR count). The van der Waals surface area contributed by atoms with Crippen LogP contribution in [0.1, 0.15) is 52.9 Å². The van der Waals surface area contributed by atoms with Crippen molar-refractivity contribution in [1.29, 1.82) is 0 Å². The van der Waals surface area contributed by atoms with Gasteiger partial charge in [0.2, 0.25) is 0 Å². The molecule has 0 spiro atoms. The second-order valence-electron chi connectivity index (χ2n) is 6.01. The van der Waals surface area contributed by atoms with Crippen LogP contribution >= 0.6 is 0 Å². The Morgan fingerprint density at radius 1 is 1.20 bits per heavy atom. The first-order chi connectivity index (χ1) is 7.03. The normalized spacial score (nSPS) is 18.2. The van der Waals surface area contributed by atoms with Gasteiger partial charge in [0.15, 0.2) is 0 Å². The minimum Gasteiger partial charge on any atom is -0.396 e. The van der Waals surface area contributed by atoms with Crippen LogP contribution < -0.4 is 0 Å². The summed E-state index contributed by atoms with van der Waals surface area (Å²) in [4.78, 5) is 2.59. The fraction of sp³-hybridized carbons (Fsp3) is 1.00. The zero-order valence-electron chi connectivity index (χ0n) is 10.6. The molecular formula is C13H27NO. The number of aliphatic hydroxyl groups excluding tert-OH is 1. The molecule has 1 aliphatic rings. The third-order valence-corrected chi connectivity index (χ3v) is 3.34. The average molecular weight is 213 g/mol. The largest absolute Gasteiger partial charge is 0.396 e. The summed E-state index contributed by atoms with van der Waals surface area (Å²) in [5.41, 5.74) is 0.432. The van der Waals surface area contributed by atoms with Crippen molar-refractivity contribution in [2.75, 3.05) is 19.7 Å². The third-order valence-electron chi connectivity index (χ3n) is 3.34. The molecule has 0 bridgehead atoms. The third kappa shape index (κ3) is 4.98. The first-order valence-electron chi connectivity index (χ1n) is 6.38. The summed E-state index contributed by atoms with van der Waals surface area (Å²) in [6.45, 7) is 9.53. The van der Waals surface area contributed by atoms with Crippen LogP contribution in [0.3, 0.4) is 0 Å². The van der Waals surface area contributed by atoms with E-state index in [2.05, 4.69) is 25.7 Å². The van der Waals surface area contributed by atoms with Crippen LogP contribution in [0.4, 0.5) is 0 Å². The Hall–Kier alpha value is -0.0800. The lowest BCUT2D eigenvalue weighted by Gasteiger charge is -2.38. The van der Waals surface area contributed by atoms with Gasteiger partial charge < -0.3 is 10.0 Å². The summed E-state index contributed by atoms with van der Waals surface area (Å²) in [6.07, 6.45) is 6.33. The highest BCUT2D eigenvalue weighted by Gasteiger charge is 2.25. The predicted molar refractivity (Wildman–Crippen MR) is 65.0 cm³/mol. The Labute approximate surface area is 94.7 Å². The maximum absolute atomic E-state index is 8.89. The smallest absolute Gasteiger partial charge is 0.0443 e. The molecule has 90 valence electrons. The summed E-state index contributed by atoms with van der Waals surface area (Å²) in [5.74, 6) is 0. The van der Waals surface area contributed by atoms with E-state index in [9.17, 15) is 0 Å². The molecule has 0 aromatic carbocycles. The van der Waals surface area contributed by atoms with Crippen molar-refractivity contribution in [3.8, 4) is 0 Å². The predicted octanol–water partition coefficient (Wildman–Crippen LogP) is 2.66. The summed E-state index contributed by atoms with van der Waals surface area (Å²) in [5, 5.41) is 8.89. The molecule has 0 saturated heterocycles. The first-order valence-corrected chi connectivity index (χ1v) is 6.38. The SMILES string of the molecule is CC(C)(C)CCN(CCCO)C1CCC1. The van der Waals surface area contributed by atoms with Gasteiger partial charge in [-0.15, -0.1) is 0 Å². The molecule has 0 radical (unpaired) electrons. The van der Waals surface area contributed by atoms with Gasteiger partial charge in [-0.2, -0.15) is 0 Å². The molecule has 1 saturated carbocycles. The summed E-state index contributed by atoms with van der Waals surface area (Å²) in [6, 6.07) is 0.818. The van der Waals surface area contributed by atoms with Crippen molar-refractivity contribution in [2.45, 2.75) is 58.9 Å². The number of aliphatic hydroxyl groups is 1. The molecule has 0 aromatic rings. The van der Waals surface area contributed by atoms with E-state index in [0.717, 1.165) is 19.0 Å². The van der Waals surface area contributed by atoms with Gasteiger partial charge >= 0.3 is 0 Å². The van der Waals surface area contributed by atoms with Crippen molar-refractivity contribution >= 4 is 0 Å². The van der Waals surface area contributed by atoms with Crippen LogP contribution in [0.25, 0.3) is 0 Å². The lowest BCUT2D eigenvalue weighted by molar-refractivity contribution is 0.103. The quantitative estimate of drug-likeness (QED) is 0.733. The van der Waals surface area contributed by atoms with E-state index in [-0.39, 0.29) is 0 Å². The van der Waals surface area contributed by atoms with E-state index < -0.39 is 0 Å². The van der Waals surface area contributed by atoms with Gasteiger partial charge in [-0.25, -0.2) is 0 Å². The molecule has 0 aromatic heterocycles. The van der Waals surface area contributed by atoms with E-state index in [1.807, 2.05) is 0 Å². The zero-order valence-corrected chi connectivity index (χ0v) is 10.6. The summed E-state index contributed by atoms with van der Waals surface area (Å²) < 4.78 is 0. The van der Waals surface area contributed by atoms with Gasteiger partial charge in [0.1, 0.15) is 0 Å². The Kier molecular flexibility index (Phi) is 5.07. The van der Waals surface area contributed by atoms with E-state index in [4.69, 9.17) is 5.11 Å². The standard InChI is InChI=1S/C13H27NO/c1-13(2,3)8-10-14(9-5-11-15)12-6-4-7-12/h12,15H,4-11H2,1-3H3. The van der Waals surface area contributed by atoms with E-state index in [0.29, 0.717) is 12.0 Å². The van der Waals surface area contributed by atoms with Crippen molar-refractivity contribution in [3.05, 3.63) is 0 Å². The molecule has 0 aliphatic heterocycles. The van der Waals surface area contributed by atoms with Crippen LogP contribution in [0, 0.1) is 5.41 Å². The second-order valence-corrected chi connectivity index (χ2v) is 6.01. The molecule has 0 unspecified atom stereocenters. The summed E-state index contributed by atoms with van der Waals surface area (Å²) >= 11 is 0. The van der Waals surface area contributed by atoms with E-state index in [1.165, 1.54) is 32.2 Å². The Balaban J connectivity index is 2.28. The van der Waals surface area contributed by atoms with Crippen molar-refractivity contribution < 1.29 is 5.11 Å². The highest BCUT2D eigenvalue weighted by Crippen LogP contribution is 2.27. The topological polar surface area (TPSA) is 23.5 Å². The van der Waals surface area contributed by atoms with Gasteiger partial charge in [-0.3, -0.25) is 0 Å². The van der Waals surface area contributed by atoms with Crippen LogP contribution in [0.2, 0.25) is 0 Å². The van der Waals surface area contributed by atoms with Gasteiger partial charge in [0, 0.05) is 19.2 Å². The molecule has 1 N–H and O–H groups in total. The first kappa shape index (κ1) is 13.0. The molecule has 2 nitrogen and oxygen atoms in total. The molecule has 2 heteroatoms. The molecule has 1 aliphatic carbocycles. The highest BCUT2D eigenvalue weighted by atomic mass is 16.3. The minimum absolute atomic E-state index is 0.332. The van der Waals surface area contributed by atoms with Gasteiger partial charge in [0.25, 0.3) is 0 Å². The molecule has 0 atom stereocenters. The fourth-order valence-electron chi connectivity index (χ4n) is 1.98. The van der Waals surface area contributed by atoms with Crippen molar-refractivity contribution in [2.24, 2.45) is 5.41 Å². The lowest BCUT2D eigenvalue weighted by Crippen LogP contribution is -2.42. The van der Waals surface area contributed by atoms with Gasteiger partial charge in [-0.1, -0.05) is 27.2 Å². The molecule has 1 fully saturated rings. The van der Waals surface area contributed by atoms with Crippen LogP contribution in [0.5, 0.6) is 0 Å². The lowest BCUT2D eigenvalue weighted by atomic mass is 9.88. The minimum atomic E-state index is 0.332.